The Kier molecular flexibility index (Phi) is 7.16. The Labute approximate surface area is 186 Å². The van der Waals surface area contributed by atoms with Crippen molar-refractivity contribution in [1.82, 2.24) is 19.5 Å². The first-order valence-electron chi connectivity index (χ1n) is 11.3. The monoisotopic (exact) mass is 417 g/mol. The minimum atomic E-state index is 0.773. The normalized spacial score (nSPS) is 11.8. The summed E-state index contributed by atoms with van der Waals surface area (Å²) in [6.45, 7) is 17.1. The van der Waals surface area contributed by atoms with Crippen molar-refractivity contribution >= 4 is 28.4 Å². The molecule has 3 rings (SSSR count). The highest BCUT2D eigenvalue weighted by molar-refractivity contribution is 5.88. The predicted octanol–water partition coefficient (Wildman–Crippen LogP) is 5.67. The fourth-order valence-electron chi connectivity index (χ4n) is 4.08. The van der Waals surface area contributed by atoms with E-state index in [0.717, 1.165) is 77.3 Å². The van der Waals surface area contributed by atoms with Crippen molar-refractivity contribution in [2.45, 2.75) is 53.9 Å². The molecule has 2 heterocycles. The smallest absolute Gasteiger partial charge is 0.155 e. The molecular formula is C26H35N5. The van der Waals surface area contributed by atoms with E-state index in [-0.39, 0.29) is 0 Å². The first kappa shape index (κ1) is 22.6. The van der Waals surface area contributed by atoms with Gasteiger partial charge in [-0.25, -0.2) is 9.66 Å². The second-order valence-corrected chi connectivity index (χ2v) is 8.10. The summed E-state index contributed by atoms with van der Waals surface area (Å²) in [4.78, 5) is 11.7. The Morgan fingerprint density at radius 1 is 1.19 bits per heavy atom. The average molecular weight is 418 g/mol. The molecule has 0 aliphatic heterocycles. The van der Waals surface area contributed by atoms with E-state index in [1.165, 1.54) is 5.56 Å². The molecule has 164 valence electrons. The molecule has 0 saturated carbocycles. The number of hydrogen-bond acceptors (Lipinski definition) is 4. The van der Waals surface area contributed by atoms with Gasteiger partial charge in [0.15, 0.2) is 5.82 Å². The summed E-state index contributed by atoms with van der Waals surface area (Å²) in [7, 11) is 0. The van der Waals surface area contributed by atoms with Gasteiger partial charge in [0.2, 0.25) is 0 Å². The lowest BCUT2D eigenvalue weighted by atomic mass is 10.0. The minimum Gasteiger partial charge on any atom is -0.372 e. The van der Waals surface area contributed by atoms with Crippen LogP contribution in [-0.2, 0) is 6.42 Å². The van der Waals surface area contributed by atoms with E-state index in [0.29, 0.717) is 0 Å². The van der Waals surface area contributed by atoms with E-state index < -0.39 is 0 Å². The molecule has 0 radical (unpaired) electrons. The van der Waals surface area contributed by atoms with Gasteiger partial charge in [-0.1, -0.05) is 33.4 Å². The lowest BCUT2D eigenvalue weighted by Gasteiger charge is -2.26. The maximum atomic E-state index is 6.55. The van der Waals surface area contributed by atoms with Crippen molar-refractivity contribution in [3.05, 3.63) is 65.2 Å². The SMILES string of the molecule is C=C(c1cc(CC)c2c(c1)nc(/C(C)=C/c1cccnc1C)n2N)N(CCC)CCC. The van der Waals surface area contributed by atoms with Crippen LogP contribution in [0.2, 0.25) is 0 Å². The van der Waals surface area contributed by atoms with Crippen molar-refractivity contribution in [3.63, 3.8) is 0 Å². The number of imidazole rings is 1. The number of fused-ring (bicyclic) bond motifs is 1. The van der Waals surface area contributed by atoms with E-state index in [1.807, 2.05) is 26.1 Å². The molecule has 1 aromatic carbocycles. The number of aromatic nitrogens is 3. The summed E-state index contributed by atoms with van der Waals surface area (Å²) in [5, 5.41) is 0. The molecule has 5 nitrogen and oxygen atoms in total. The third-order valence-electron chi connectivity index (χ3n) is 5.72. The number of hydrogen-bond donors (Lipinski definition) is 1. The number of aryl methyl sites for hydroxylation is 2. The Balaban J connectivity index is 2.09. The molecular weight excluding hydrogens is 382 g/mol. The molecule has 0 bridgehead atoms. The van der Waals surface area contributed by atoms with Crippen LogP contribution >= 0.6 is 0 Å². The van der Waals surface area contributed by atoms with Gasteiger partial charge in [0, 0.05) is 30.7 Å². The summed E-state index contributed by atoms with van der Waals surface area (Å²) in [5.41, 5.74) is 8.35. The Morgan fingerprint density at radius 2 is 1.90 bits per heavy atom. The molecule has 0 aliphatic rings. The maximum Gasteiger partial charge on any atom is 0.155 e. The van der Waals surface area contributed by atoms with Gasteiger partial charge in [0.25, 0.3) is 0 Å². The second-order valence-electron chi connectivity index (χ2n) is 8.10. The molecule has 3 aromatic rings. The molecule has 31 heavy (non-hydrogen) atoms. The topological polar surface area (TPSA) is 60.0 Å². The van der Waals surface area contributed by atoms with Gasteiger partial charge in [-0.3, -0.25) is 4.98 Å². The number of rotatable bonds is 9. The van der Waals surface area contributed by atoms with E-state index in [9.17, 15) is 0 Å². The van der Waals surface area contributed by atoms with Crippen molar-refractivity contribution in [1.29, 1.82) is 0 Å². The highest BCUT2D eigenvalue weighted by Gasteiger charge is 2.17. The zero-order chi connectivity index (χ0) is 22.5. The Bertz CT molecular complexity index is 1100. The van der Waals surface area contributed by atoms with Gasteiger partial charge in [-0.05, 0) is 79.6 Å². The van der Waals surface area contributed by atoms with Gasteiger partial charge in [-0.15, -0.1) is 0 Å². The van der Waals surface area contributed by atoms with Gasteiger partial charge >= 0.3 is 0 Å². The van der Waals surface area contributed by atoms with Gasteiger partial charge in [0.05, 0.1) is 11.0 Å². The molecule has 2 N–H and O–H groups in total. The molecule has 0 spiro atoms. The van der Waals surface area contributed by atoms with Crippen molar-refractivity contribution in [2.24, 2.45) is 0 Å². The number of allylic oxidation sites excluding steroid dienone is 1. The standard InChI is InChI=1S/C26H35N5/c1-7-13-30(14-8-2)20(6)23-16-21(9-3)25-24(17-23)29-26(31(25)27)18(4)15-22-11-10-12-28-19(22)5/h10-12,15-17H,6-9,13-14,27H2,1-5H3/b18-15+. The largest absolute Gasteiger partial charge is 0.372 e. The molecule has 0 atom stereocenters. The van der Waals surface area contributed by atoms with Crippen LogP contribution in [0.5, 0.6) is 0 Å². The number of nitrogen functional groups attached to an aromatic ring is 1. The molecule has 2 aromatic heterocycles. The van der Waals surface area contributed by atoms with Crippen LogP contribution in [0, 0.1) is 6.92 Å². The zero-order valence-corrected chi connectivity index (χ0v) is 19.6. The van der Waals surface area contributed by atoms with Crippen LogP contribution in [0.3, 0.4) is 0 Å². The predicted molar refractivity (Wildman–Crippen MR) is 133 cm³/mol. The van der Waals surface area contributed by atoms with Gasteiger partial charge in [0.1, 0.15) is 0 Å². The molecule has 0 unspecified atom stereocenters. The van der Waals surface area contributed by atoms with E-state index in [2.05, 4.69) is 61.5 Å². The van der Waals surface area contributed by atoms with Crippen LogP contribution < -0.4 is 5.84 Å². The third kappa shape index (κ3) is 4.66. The fraction of sp³-hybridized carbons (Fsp3) is 0.385. The highest BCUT2D eigenvalue weighted by atomic mass is 15.3. The summed E-state index contributed by atoms with van der Waals surface area (Å²) in [5.74, 6) is 7.33. The van der Waals surface area contributed by atoms with Crippen LogP contribution in [0.25, 0.3) is 28.4 Å². The number of benzene rings is 1. The summed E-state index contributed by atoms with van der Waals surface area (Å²) in [6.07, 6.45) is 6.99. The van der Waals surface area contributed by atoms with Crippen LogP contribution in [0.15, 0.2) is 37.0 Å². The lowest BCUT2D eigenvalue weighted by Crippen LogP contribution is -2.23. The van der Waals surface area contributed by atoms with Crippen molar-refractivity contribution in [2.75, 3.05) is 18.9 Å². The van der Waals surface area contributed by atoms with Crippen LogP contribution in [0.1, 0.15) is 68.7 Å². The number of pyridine rings is 1. The van der Waals surface area contributed by atoms with Gasteiger partial charge < -0.3 is 10.7 Å². The Morgan fingerprint density at radius 3 is 2.52 bits per heavy atom. The summed E-state index contributed by atoms with van der Waals surface area (Å²) < 4.78 is 1.73. The van der Waals surface area contributed by atoms with E-state index >= 15 is 0 Å². The quantitative estimate of drug-likeness (QED) is 0.456. The van der Waals surface area contributed by atoms with E-state index in [1.54, 1.807) is 4.68 Å². The minimum absolute atomic E-state index is 0.773. The Hall–Kier alpha value is -3.08. The molecule has 0 aliphatic carbocycles. The van der Waals surface area contributed by atoms with Crippen molar-refractivity contribution in [3.8, 4) is 0 Å². The van der Waals surface area contributed by atoms with E-state index in [4.69, 9.17) is 10.8 Å². The maximum absolute atomic E-state index is 6.55. The molecule has 0 fully saturated rings. The fourth-order valence-corrected chi connectivity index (χ4v) is 4.08. The first-order valence-corrected chi connectivity index (χ1v) is 11.3. The van der Waals surface area contributed by atoms with Crippen molar-refractivity contribution < 1.29 is 0 Å². The molecule has 0 amide bonds. The lowest BCUT2D eigenvalue weighted by molar-refractivity contribution is 0.397. The third-order valence-corrected chi connectivity index (χ3v) is 5.72. The highest BCUT2D eigenvalue weighted by Crippen LogP contribution is 2.29. The first-order chi connectivity index (χ1) is 14.9. The zero-order valence-electron chi connectivity index (χ0n) is 19.6. The molecule has 5 heteroatoms. The number of nitrogens with zero attached hydrogens (tertiary/aromatic N) is 4. The van der Waals surface area contributed by atoms with Gasteiger partial charge in [-0.2, -0.15) is 0 Å². The average Bonchev–Trinajstić information content (AvgIpc) is 3.10. The second kappa shape index (κ2) is 9.82. The summed E-state index contributed by atoms with van der Waals surface area (Å²) in [6, 6.07) is 8.36. The molecule has 0 saturated heterocycles. The number of nitrogens with two attached hydrogens (primary N) is 1. The summed E-state index contributed by atoms with van der Waals surface area (Å²) >= 11 is 0. The van der Waals surface area contributed by atoms with Crippen LogP contribution in [0.4, 0.5) is 0 Å². The van der Waals surface area contributed by atoms with Crippen LogP contribution in [-0.4, -0.2) is 32.6 Å².